The molecule has 5 aromatic rings. The van der Waals surface area contributed by atoms with Gasteiger partial charge in [0.2, 0.25) is 11.8 Å². The highest BCUT2D eigenvalue weighted by Crippen LogP contribution is 2.34. The van der Waals surface area contributed by atoms with E-state index >= 15 is 0 Å². The van der Waals surface area contributed by atoms with Gasteiger partial charge in [-0.2, -0.15) is 0 Å². The van der Waals surface area contributed by atoms with Crippen LogP contribution < -0.4 is 15.4 Å². The highest BCUT2D eigenvalue weighted by molar-refractivity contribution is 6.05. The molecule has 9 nitrogen and oxygen atoms in total. The van der Waals surface area contributed by atoms with E-state index in [-0.39, 0.29) is 17.9 Å². The van der Waals surface area contributed by atoms with E-state index in [1.165, 1.54) is 7.11 Å². The summed E-state index contributed by atoms with van der Waals surface area (Å²) in [6.07, 6.45) is 6.20. The minimum atomic E-state index is -0.428. The molecule has 3 aromatic carbocycles. The number of carbonyl (C=O) groups is 2. The molecular weight excluding hydrogens is 594 g/mol. The van der Waals surface area contributed by atoms with Gasteiger partial charge in [0.05, 0.1) is 35.8 Å². The number of esters is 1. The summed E-state index contributed by atoms with van der Waals surface area (Å²) >= 11 is 0. The average molecular weight is 632 g/mol. The van der Waals surface area contributed by atoms with Crippen molar-refractivity contribution in [2.24, 2.45) is 5.92 Å². The Balaban J connectivity index is 0.961. The number of rotatable bonds is 11. The lowest BCUT2D eigenvalue weighted by molar-refractivity contribution is -0.117. The summed E-state index contributed by atoms with van der Waals surface area (Å²) in [6.45, 7) is 1.70. The monoisotopic (exact) mass is 631 g/mol. The first-order valence-corrected chi connectivity index (χ1v) is 16.1. The van der Waals surface area contributed by atoms with Crippen LogP contribution in [0.4, 0.5) is 11.4 Å². The van der Waals surface area contributed by atoms with E-state index in [2.05, 4.69) is 28.8 Å². The zero-order chi connectivity index (χ0) is 32.2. The molecule has 0 radical (unpaired) electrons. The molecule has 1 aliphatic heterocycles. The van der Waals surface area contributed by atoms with E-state index in [4.69, 9.17) is 23.6 Å². The Hall–Kier alpha value is -5.15. The molecule has 2 N–H and O–H groups in total. The van der Waals surface area contributed by atoms with E-state index in [9.17, 15) is 9.59 Å². The van der Waals surface area contributed by atoms with Crippen molar-refractivity contribution in [2.45, 2.75) is 44.8 Å². The number of allylic oxidation sites excluding steroid dienone is 2. The van der Waals surface area contributed by atoms with Crippen molar-refractivity contribution in [3.63, 3.8) is 0 Å². The third kappa shape index (κ3) is 6.85. The van der Waals surface area contributed by atoms with Crippen LogP contribution in [-0.4, -0.2) is 43.2 Å². The molecule has 0 saturated carbocycles. The van der Waals surface area contributed by atoms with Gasteiger partial charge in [-0.25, -0.2) is 9.78 Å². The van der Waals surface area contributed by atoms with Crippen LogP contribution in [0.2, 0.25) is 0 Å². The Bertz CT molecular complexity index is 1960. The molecule has 240 valence electrons. The largest absolute Gasteiger partial charge is 0.473 e. The summed E-state index contributed by atoms with van der Waals surface area (Å²) in [6, 6.07) is 25.1. The summed E-state index contributed by atoms with van der Waals surface area (Å²) in [5, 5.41) is 8.54. The number of furan rings is 1. The molecule has 1 fully saturated rings. The third-order valence-corrected chi connectivity index (χ3v) is 8.94. The summed E-state index contributed by atoms with van der Waals surface area (Å²) in [4.78, 5) is 30.0. The minimum Gasteiger partial charge on any atom is -0.473 e. The molecule has 9 heteroatoms. The van der Waals surface area contributed by atoms with Crippen LogP contribution in [0.25, 0.3) is 27.5 Å². The number of hydrogen-bond acceptors (Lipinski definition) is 8. The summed E-state index contributed by atoms with van der Waals surface area (Å²) in [5.74, 6) is 0.289. The average Bonchev–Trinajstić information content (AvgIpc) is 3.47. The Morgan fingerprint density at radius 2 is 1.81 bits per heavy atom. The van der Waals surface area contributed by atoms with Crippen molar-refractivity contribution in [3.8, 4) is 5.88 Å². The molecular formula is C38H37N3O6. The number of para-hydroxylation sites is 2. The first-order chi connectivity index (χ1) is 23.0. The van der Waals surface area contributed by atoms with E-state index in [1.807, 2.05) is 48.5 Å². The molecule has 7 rings (SSSR count). The van der Waals surface area contributed by atoms with Gasteiger partial charge >= 0.3 is 5.97 Å². The van der Waals surface area contributed by atoms with Crippen LogP contribution >= 0.6 is 0 Å². The second-order valence-electron chi connectivity index (χ2n) is 12.1. The van der Waals surface area contributed by atoms with Crippen molar-refractivity contribution in [2.75, 3.05) is 30.9 Å². The molecule has 3 heterocycles. The molecule has 1 amide bonds. The van der Waals surface area contributed by atoms with Gasteiger partial charge in [0, 0.05) is 42.0 Å². The number of hydrogen-bond donors (Lipinski definition) is 2. The molecule has 0 bridgehead atoms. The summed E-state index contributed by atoms with van der Waals surface area (Å²) in [7, 11) is 1.35. The number of nitrogens with zero attached hydrogens (tertiary/aromatic N) is 1. The SMILES string of the molecule is COC(=O)c1ccc(NC(=O)CC2CC=C(c3cccc(OCc4cccc5c4oc4ccccc45)n3)CC2)c(NC[C@@H]2CCO2)c1. The van der Waals surface area contributed by atoms with Gasteiger partial charge in [-0.15, -0.1) is 0 Å². The number of ether oxygens (including phenoxy) is 3. The highest BCUT2D eigenvalue weighted by atomic mass is 16.5. The lowest BCUT2D eigenvalue weighted by atomic mass is 9.86. The van der Waals surface area contributed by atoms with Crippen LogP contribution in [0.5, 0.6) is 5.88 Å². The fraction of sp³-hybridized carbons (Fsp3) is 0.289. The van der Waals surface area contributed by atoms with E-state index in [1.54, 1.807) is 18.2 Å². The predicted molar refractivity (Wildman–Crippen MR) is 181 cm³/mol. The Kier molecular flexibility index (Phi) is 8.88. The molecule has 1 unspecified atom stereocenters. The summed E-state index contributed by atoms with van der Waals surface area (Å²) in [5.41, 5.74) is 6.44. The fourth-order valence-corrected chi connectivity index (χ4v) is 6.23. The van der Waals surface area contributed by atoms with Crippen LogP contribution in [0.3, 0.4) is 0 Å². The van der Waals surface area contributed by atoms with Crippen molar-refractivity contribution in [3.05, 3.63) is 102 Å². The second kappa shape index (κ2) is 13.7. The molecule has 2 atom stereocenters. The van der Waals surface area contributed by atoms with Gasteiger partial charge in [0.15, 0.2) is 0 Å². The van der Waals surface area contributed by atoms with E-state index in [0.717, 1.165) is 71.1 Å². The number of carbonyl (C=O) groups excluding carboxylic acids is 2. The third-order valence-electron chi connectivity index (χ3n) is 8.94. The maximum absolute atomic E-state index is 13.1. The lowest BCUT2D eigenvalue weighted by Crippen LogP contribution is -2.33. The van der Waals surface area contributed by atoms with Gasteiger partial charge in [-0.05, 0) is 67.5 Å². The summed E-state index contributed by atoms with van der Waals surface area (Å²) < 4.78 is 22.7. The fourth-order valence-electron chi connectivity index (χ4n) is 6.23. The zero-order valence-electron chi connectivity index (χ0n) is 26.3. The molecule has 2 aliphatic rings. The van der Waals surface area contributed by atoms with Gasteiger partial charge in [0.1, 0.15) is 17.8 Å². The number of aromatic nitrogens is 1. The zero-order valence-corrected chi connectivity index (χ0v) is 26.3. The number of pyridine rings is 1. The van der Waals surface area contributed by atoms with Crippen LogP contribution in [0, 0.1) is 5.92 Å². The molecule has 47 heavy (non-hydrogen) atoms. The number of anilines is 2. The second-order valence-corrected chi connectivity index (χ2v) is 12.1. The van der Waals surface area contributed by atoms with Crippen molar-refractivity contribution < 1.29 is 28.2 Å². The van der Waals surface area contributed by atoms with E-state index in [0.29, 0.717) is 42.4 Å². The molecule has 1 saturated heterocycles. The topological polar surface area (TPSA) is 112 Å². The smallest absolute Gasteiger partial charge is 0.337 e. The highest BCUT2D eigenvalue weighted by Gasteiger charge is 2.22. The predicted octanol–water partition coefficient (Wildman–Crippen LogP) is 7.76. The number of nitrogens with one attached hydrogen (secondary N) is 2. The van der Waals surface area contributed by atoms with Gasteiger partial charge < -0.3 is 29.3 Å². The van der Waals surface area contributed by atoms with Crippen molar-refractivity contribution in [1.29, 1.82) is 0 Å². The van der Waals surface area contributed by atoms with E-state index < -0.39 is 5.97 Å². The quantitative estimate of drug-likeness (QED) is 0.142. The molecule has 1 aliphatic carbocycles. The van der Waals surface area contributed by atoms with Gasteiger partial charge in [0.25, 0.3) is 0 Å². The van der Waals surface area contributed by atoms with Gasteiger partial charge in [-0.1, -0.05) is 48.5 Å². The Morgan fingerprint density at radius 1 is 0.957 bits per heavy atom. The Labute approximate surface area is 272 Å². The molecule has 2 aromatic heterocycles. The number of benzene rings is 3. The van der Waals surface area contributed by atoms with Crippen LogP contribution in [0.1, 0.15) is 53.7 Å². The lowest BCUT2D eigenvalue weighted by Gasteiger charge is -2.27. The molecule has 0 spiro atoms. The van der Waals surface area contributed by atoms with Crippen molar-refractivity contribution in [1.82, 2.24) is 4.98 Å². The standard InChI is InChI=1S/C38H37N3O6/c1-44-38(43)26-16-17-32(33(21-26)39-22-28-18-19-45-28)40-35(42)20-24-12-14-25(15-13-24)31-9-5-11-36(41-31)46-23-27-6-4-8-30-29-7-2-3-10-34(29)47-37(27)30/h2-11,14,16-17,21,24,28,39H,12-13,15,18-20,22-23H2,1H3,(H,40,42)/t24?,28-/m0/s1. The van der Waals surface area contributed by atoms with Crippen LogP contribution in [-0.2, 0) is 20.9 Å². The normalized spacial score (nSPS) is 17.5. The first kappa shape index (κ1) is 30.5. The number of methoxy groups -OCH3 is 1. The number of fused-ring (bicyclic) bond motifs is 3. The van der Waals surface area contributed by atoms with Gasteiger partial charge in [-0.3, -0.25) is 4.79 Å². The maximum atomic E-state index is 13.1. The Morgan fingerprint density at radius 3 is 2.62 bits per heavy atom. The van der Waals surface area contributed by atoms with Crippen molar-refractivity contribution >= 4 is 50.8 Å². The maximum Gasteiger partial charge on any atom is 0.337 e. The number of amides is 1. The first-order valence-electron chi connectivity index (χ1n) is 16.1. The van der Waals surface area contributed by atoms with Crippen LogP contribution in [0.15, 0.2) is 89.4 Å². The minimum absolute atomic E-state index is 0.0615.